The second-order valence-electron chi connectivity index (χ2n) is 6.50. The van der Waals surface area contributed by atoms with Gasteiger partial charge < -0.3 is 16.5 Å². The van der Waals surface area contributed by atoms with Gasteiger partial charge in [0.2, 0.25) is 0 Å². The number of likely N-dealkylation sites (tertiary alicyclic amines) is 1. The molecule has 2 heterocycles. The van der Waals surface area contributed by atoms with Crippen molar-refractivity contribution in [2.75, 3.05) is 13.1 Å². The van der Waals surface area contributed by atoms with E-state index in [1.165, 1.54) is 6.34 Å². The van der Waals surface area contributed by atoms with Gasteiger partial charge in [0, 0.05) is 18.8 Å². The molecule has 1 aromatic carbocycles. The van der Waals surface area contributed by atoms with Gasteiger partial charge in [-0.1, -0.05) is 24.8 Å². The highest BCUT2D eigenvalue weighted by atomic mass is 15.1. The standard InChI is InChI=1S/C20H26N6/c1-2-15-4-3-5-18(12-15)25-20(24-14-21)19-16(6-9-23-19)13-26-10-7-17(22)8-11-26/h2-6,9,12,14,17,23H,1,7-8,10-11,13,22H2,(H2,21,24,25). The highest BCUT2D eigenvalue weighted by Crippen LogP contribution is 2.20. The predicted molar refractivity (Wildman–Crippen MR) is 109 cm³/mol. The first kappa shape index (κ1) is 18.1. The molecule has 0 saturated carbocycles. The summed E-state index contributed by atoms with van der Waals surface area (Å²) in [6.07, 6.45) is 7.07. The van der Waals surface area contributed by atoms with Gasteiger partial charge in [0.05, 0.1) is 17.7 Å². The van der Waals surface area contributed by atoms with Gasteiger partial charge in [0.1, 0.15) is 0 Å². The Kier molecular flexibility index (Phi) is 5.99. The quantitative estimate of drug-likeness (QED) is 0.571. The lowest BCUT2D eigenvalue weighted by Gasteiger charge is -2.30. The number of aromatic amines is 1. The van der Waals surface area contributed by atoms with E-state index in [9.17, 15) is 0 Å². The van der Waals surface area contributed by atoms with E-state index in [1.807, 2.05) is 30.5 Å². The summed E-state index contributed by atoms with van der Waals surface area (Å²) in [5, 5.41) is 0. The number of amidine groups is 1. The van der Waals surface area contributed by atoms with E-state index in [0.29, 0.717) is 11.9 Å². The Morgan fingerprint density at radius 3 is 2.85 bits per heavy atom. The molecule has 5 N–H and O–H groups in total. The van der Waals surface area contributed by atoms with E-state index >= 15 is 0 Å². The van der Waals surface area contributed by atoms with Crippen molar-refractivity contribution in [3.63, 3.8) is 0 Å². The molecule has 0 atom stereocenters. The molecule has 2 aromatic rings. The number of hydrogen-bond acceptors (Lipinski definition) is 3. The molecule has 26 heavy (non-hydrogen) atoms. The topological polar surface area (TPSA) is 95.8 Å². The fraction of sp³-hybridized carbons (Fsp3) is 0.300. The highest BCUT2D eigenvalue weighted by molar-refractivity contribution is 6.03. The zero-order chi connectivity index (χ0) is 18.4. The molecule has 0 unspecified atom stereocenters. The number of nitrogens with one attached hydrogen (secondary N) is 1. The van der Waals surface area contributed by atoms with Crippen LogP contribution in [0.2, 0.25) is 0 Å². The van der Waals surface area contributed by atoms with Gasteiger partial charge in [-0.3, -0.25) is 4.90 Å². The van der Waals surface area contributed by atoms with E-state index in [1.54, 1.807) is 6.08 Å². The SMILES string of the molecule is C=Cc1cccc(N=C(N=CN)c2[nH]ccc2CN2CCC(N)CC2)c1. The number of nitrogens with two attached hydrogens (primary N) is 2. The van der Waals surface area contributed by atoms with Crippen molar-refractivity contribution >= 4 is 23.9 Å². The Hall–Kier alpha value is -2.70. The van der Waals surface area contributed by atoms with Crippen molar-refractivity contribution in [1.82, 2.24) is 9.88 Å². The van der Waals surface area contributed by atoms with E-state index in [0.717, 1.165) is 55.0 Å². The Labute approximate surface area is 154 Å². The first-order valence-corrected chi connectivity index (χ1v) is 8.89. The molecule has 1 aliphatic heterocycles. The van der Waals surface area contributed by atoms with Crippen molar-refractivity contribution in [1.29, 1.82) is 0 Å². The van der Waals surface area contributed by atoms with Crippen LogP contribution in [0.25, 0.3) is 6.08 Å². The van der Waals surface area contributed by atoms with Crippen molar-refractivity contribution in [2.45, 2.75) is 25.4 Å². The summed E-state index contributed by atoms with van der Waals surface area (Å²) in [6.45, 7) is 6.68. The van der Waals surface area contributed by atoms with E-state index < -0.39 is 0 Å². The molecule has 6 heteroatoms. The number of piperidine rings is 1. The number of aliphatic imine (C=N–C) groups is 2. The van der Waals surface area contributed by atoms with Crippen molar-refractivity contribution in [3.8, 4) is 0 Å². The Morgan fingerprint density at radius 1 is 1.31 bits per heavy atom. The van der Waals surface area contributed by atoms with Crippen molar-refractivity contribution in [3.05, 3.63) is 59.9 Å². The van der Waals surface area contributed by atoms with Crippen LogP contribution in [-0.4, -0.2) is 41.2 Å². The zero-order valence-electron chi connectivity index (χ0n) is 14.9. The lowest BCUT2D eigenvalue weighted by molar-refractivity contribution is 0.205. The van der Waals surface area contributed by atoms with Gasteiger partial charge in [-0.2, -0.15) is 0 Å². The van der Waals surface area contributed by atoms with E-state index in [4.69, 9.17) is 11.5 Å². The van der Waals surface area contributed by atoms with Crippen LogP contribution in [0.1, 0.15) is 29.7 Å². The van der Waals surface area contributed by atoms with Crippen LogP contribution in [0.3, 0.4) is 0 Å². The Morgan fingerprint density at radius 2 is 2.12 bits per heavy atom. The van der Waals surface area contributed by atoms with Crippen LogP contribution in [0.15, 0.2) is 53.1 Å². The molecular weight excluding hydrogens is 324 g/mol. The third-order valence-corrected chi connectivity index (χ3v) is 4.62. The highest BCUT2D eigenvalue weighted by Gasteiger charge is 2.19. The van der Waals surface area contributed by atoms with Gasteiger partial charge in [0.25, 0.3) is 0 Å². The largest absolute Gasteiger partial charge is 0.390 e. The number of H-pyrrole nitrogens is 1. The fourth-order valence-electron chi connectivity index (χ4n) is 3.16. The lowest BCUT2D eigenvalue weighted by Crippen LogP contribution is -2.39. The third kappa shape index (κ3) is 4.47. The molecule has 0 bridgehead atoms. The summed E-state index contributed by atoms with van der Waals surface area (Å²) >= 11 is 0. The number of hydrogen-bond donors (Lipinski definition) is 3. The zero-order valence-corrected chi connectivity index (χ0v) is 14.9. The van der Waals surface area contributed by atoms with Crippen LogP contribution in [-0.2, 0) is 6.54 Å². The maximum atomic E-state index is 6.01. The smallest absolute Gasteiger partial charge is 0.178 e. The van der Waals surface area contributed by atoms with Crippen LogP contribution >= 0.6 is 0 Å². The van der Waals surface area contributed by atoms with Crippen LogP contribution in [0.4, 0.5) is 5.69 Å². The number of nitrogens with zero attached hydrogens (tertiary/aromatic N) is 3. The molecule has 136 valence electrons. The van der Waals surface area contributed by atoms with Crippen LogP contribution < -0.4 is 11.5 Å². The molecule has 6 nitrogen and oxygen atoms in total. The monoisotopic (exact) mass is 350 g/mol. The Bertz CT molecular complexity index is 796. The summed E-state index contributed by atoms with van der Waals surface area (Å²) in [4.78, 5) is 14.7. The molecule has 0 spiro atoms. The maximum Gasteiger partial charge on any atom is 0.178 e. The normalized spacial score (nSPS) is 17.0. The molecule has 0 radical (unpaired) electrons. The summed E-state index contributed by atoms with van der Waals surface area (Å²) in [7, 11) is 0. The van der Waals surface area contributed by atoms with Gasteiger partial charge >= 0.3 is 0 Å². The average Bonchev–Trinajstić information content (AvgIpc) is 3.11. The molecule has 1 aliphatic rings. The predicted octanol–water partition coefficient (Wildman–Crippen LogP) is 2.65. The molecule has 0 amide bonds. The maximum absolute atomic E-state index is 6.01. The summed E-state index contributed by atoms with van der Waals surface area (Å²) in [6, 6.07) is 10.2. The first-order chi connectivity index (χ1) is 12.7. The second-order valence-corrected chi connectivity index (χ2v) is 6.50. The van der Waals surface area contributed by atoms with Crippen LogP contribution in [0.5, 0.6) is 0 Å². The number of rotatable bonds is 5. The molecule has 3 rings (SSSR count). The summed E-state index contributed by atoms with van der Waals surface area (Å²) < 4.78 is 0. The lowest BCUT2D eigenvalue weighted by atomic mass is 10.1. The minimum absolute atomic E-state index is 0.327. The summed E-state index contributed by atoms with van der Waals surface area (Å²) in [5.74, 6) is 0.572. The fourth-order valence-corrected chi connectivity index (χ4v) is 3.16. The molecular formula is C20H26N6. The number of aromatic nitrogens is 1. The minimum atomic E-state index is 0.327. The molecule has 1 fully saturated rings. The van der Waals surface area contributed by atoms with Gasteiger partial charge in [-0.05, 0) is 55.3 Å². The van der Waals surface area contributed by atoms with Gasteiger partial charge in [-0.15, -0.1) is 0 Å². The van der Waals surface area contributed by atoms with E-state index in [-0.39, 0.29) is 0 Å². The Balaban J connectivity index is 1.86. The molecule has 1 aromatic heterocycles. The minimum Gasteiger partial charge on any atom is -0.390 e. The van der Waals surface area contributed by atoms with Crippen molar-refractivity contribution in [2.24, 2.45) is 21.5 Å². The van der Waals surface area contributed by atoms with Gasteiger partial charge in [-0.25, -0.2) is 9.98 Å². The van der Waals surface area contributed by atoms with E-state index in [2.05, 4.69) is 32.5 Å². The second kappa shape index (κ2) is 8.60. The average molecular weight is 350 g/mol. The molecule has 1 saturated heterocycles. The molecule has 0 aliphatic carbocycles. The van der Waals surface area contributed by atoms with Crippen LogP contribution in [0, 0.1) is 0 Å². The first-order valence-electron chi connectivity index (χ1n) is 8.89. The van der Waals surface area contributed by atoms with Crippen molar-refractivity contribution < 1.29 is 0 Å². The summed E-state index contributed by atoms with van der Waals surface area (Å²) in [5.41, 5.74) is 15.4. The number of benzene rings is 1. The third-order valence-electron chi connectivity index (χ3n) is 4.62. The van der Waals surface area contributed by atoms with Gasteiger partial charge in [0.15, 0.2) is 5.84 Å².